The van der Waals surface area contributed by atoms with Crippen molar-refractivity contribution in [2.75, 3.05) is 33.9 Å². The molecule has 0 bridgehead atoms. The third kappa shape index (κ3) is 4.61. The van der Waals surface area contributed by atoms with E-state index >= 15 is 0 Å². The molecule has 1 unspecified atom stereocenters. The van der Waals surface area contributed by atoms with Gasteiger partial charge in [0, 0.05) is 27.3 Å². The first-order valence-electron chi connectivity index (χ1n) is 5.60. The number of rotatable bonds is 6. The molecule has 0 spiro atoms. The topological polar surface area (TPSA) is 39.7 Å². The van der Waals surface area contributed by atoms with Crippen LogP contribution in [0.4, 0.5) is 0 Å². The molecule has 0 saturated carbocycles. The Hall–Kier alpha value is 0.0569. The molecule has 1 heterocycles. The zero-order valence-corrected chi connectivity index (χ0v) is 11.2. The molecular weight excluding hydrogens is 210 g/mol. The number of morpholine rings is 1. The highest BCUT2D eigenvalue weighted by Crippen LogP contribution is 2.20. The predicted molar refractivity (Wildman–Crippen MR) is 62.4 cm³/mol. The van der Waals surface area contributed by atoms with Crippen LogP contribution in [0.25, 0.3) is 0 Å². The number of hydrogen-bond donors (Lipinski definition) is 1. The second-order valence-corrected chi connectivity index (χ2v) is 6.65. The third-order valence-corrected chi connectivity index (χ3v) is 4.83. The van der Waals surface area contributed by atoms with Crippen LogP contribution in [0.2, 0.25) is 6.04 Å². The van der Waals surface area contributed by atoms with E-state index in [2.05, 4.69) is 12.2 Å². The molecule has 0 radical (unpaired) electrons. The lowest BCUT2D eigenvalue weighted by molar-refractivity contribution is -0.0581. The molecular formula is C10H23NO3Si. The lowest BCUT2D eigenvalue weighted by Gasteiger charge is -2.34. The summed E-state index contributed by atoms with van der Waals surface area (Å²) in [6.45, 7) is 4.93. The van der Waals surface area contributed by atoms with Gasteiger partial charge in [0.05, 0.1) is 12.2 Å². The standard InChI is InChI=1S/C10H23NO3Si/c1-10(9-11-6-7-14-10)5-4-8-15(12-2)13-3/h11,15H,4-9H2,1-3H3. The van der Waals surface area contributed by atoms with Gasteiger partial charge in [-0.25, -0.2) is 0 Å². The van der Waals surface area contributed by atoms with Crippen molar-refractivity contribution in [2.24, 2.45) is 0 Å². The average Bonchev–Trinajstić information content (AvgIpc) is 2.25. The van der Waals surface area contributed by atoms with Crippen molar-refractivity contribution in [3.8, 4) is 0 Å². The zero-order valence-electron chi connectivity index (χ0n) is 10.0. The Labute approximate surface area is 94.1 Å². The van der Waals surface area contributed by atoms with Gasteiger partial charge in [-0.2, -0.15) is 0 Å². The molecule has 4 nitrogen and oxygen atoms in total. The van der Waals surface area contributed by atoms with Crippen LogP contribution in [0, 0.1) is 0 Å². The SMILES string of the molecule is CO[SiH](CCCC1(C)CNCCO1)OC. The molecule has 1 atom stereocenters. The van der Waals surface area contributed by atoms with Crippen LogP contribution in [-0.2, 0) is 13.6 Å². The minimum atomic E-state index is -1.37. The molecule has 0 aliphatic carbocycles. The minimum Gasteiger partial charge on any atom is -0.400 e. The van der Waals surface area contributed by atoms with E-state index in [0.717, 1.165) is 38.6 Å². The van der Waals surface area contributed by atoms with Crippen molar-refractivity contribution in [1.29, 1.82) is 0 Å². The fourth-order valence-electron chi connectivity index (χ4n) is 1.91. The van der Waals surface area contributed by atoms with Gasteiger partial charge in [-0.15, -0.1) is 0 Å². The highest BCUT2D eigenvalue weighted by Gasteiger charge is 2.27. The quantitative estimate of drug-likeness (QED) is 0.684. The second kappa shape index (κ2) is 6.60. The Kier molecular flexibility index (Phi) is 5.77. The van der Waals surface area contributed by atoms with E-state index in [1.54, 1.807) is 14.2 Å². The smallest absolute Gasteiger partial charge is 0.320 e. The summed E-state index contributed by atoms with van der Waals surface area (Å²) in [5.74, 6) is 0. The molecule has 1 rings (SSSR count). The van der Waals surface area contributed by atoms with Gasteiger partial charge in [0.1, 0.15) is 0 Å². The van der Waals surface area contributed by atoms with Crippen LogP contribution in [0.5, 0.6) is 0 Å². The monoisotopic (exact) mass is 233 g/mol. The molecule has 15 heavy (non-hydrogen) atoms. The Bertz CT molecular complexity index is 170. The predicted octanol–water partition coefficient (Wildman–Crippen LogP) is 0.658. The first-order valence-corrected chi connectivity index (χ1v) is 7.36. The molecule has 1 saturated heterocycles. The summed E-state index contributed by atoms with van der Waals surface area (Å²) in [6, 6.07) is 1.06. The highest BCUT2D eigenvalue weighted by atomic mass is 28.3. The largest absolute Gasteiger partial charge is 0.400 e. The fraction of sp³-hybridized carbons (Fsp3) is 1.00. The van der Waals surface area contributed by atoms with Crippen LogP contribution >= 0.6 is 0 Å². The van der Waals surface area contributed by atoms with Crippen LogP contribution in [0.15, 0.2) is 0 Å². The fourth-order valence-corrected chi connectivity index (χ4v) is 3.11. The van der Waals surface area contributed by atoms with Gasteiger partial charge in [0.15, 0.2) is 0 Å². The van der Waals surface area contributed by atoms with E-state index in [-0.39, 0.29) is 5.60 Å². The van der Waals surface area contributed by atoms with Gasteiger partial charge >= 0.3 is 9.28 Å². The summed E-state index contributed by atoms with van der Waals surface area (Å²) in [5.41, 5.74) is 0.0126. The third-order valence-electron chi connectivity index (χ3n) is 2.90. The Balaban J connectivity index is 2.17. The van der Waals surface area contributed by atoms with Crippen molar-refractivity contribution in [2.45, 2.75) is 31.4 Å². The maximum absolute atomic E-state index is 5.79. The number of nitrogens with one attached hydrogen (secondary N) is 1. The summed E-state index contributed by atoms with van der Waals surface area (Å²) in [4.78, 5) is 0. The summed E-state index contributed by atoms with van der Waals surface area (Å²) >= 11 is 0. The lowest BCUT2D eigenvalue weighted by Crippen LogP contribution is -2.47. The summed E-state index contributed by atoms with van der Waals surface area (Å²) in [6.07, 6.45) is 2.20. The highest BCUT2D eigenvalue weighted by molar-refractivity contribution is 6.44. The van der Waals surface area contributed by atoms with E-state index in [1.807, 2.05) is 0 Å². The van der Waals surface area contributed by atoms with Crippen molar-refractivity contribution in [1.82, 2.24) is 5.32 Å². The first-order chi connectivity index (χ1) is 7.20. The first kappa shape index (κ1) is 13.1. The lowest BCUT2D eigenvalue weighted by atomic mass is 9.99. The van der Waals surface area contributed by atoms with Gasteiger partial charge in [0.2, 0.25) is 0 Å². The van der Waals surface area contributed by atoms with E-state index < -0.39 is 9.28 Å². The van der Waals surface area contributed by atoms with Crippen molar-refractivity contribution >= 4 is 9.28 Å². The minimum absolute atomic E-state index is 0.0126. The number of ether oxygens (including phenoxy) is 1. The molecule has 0 aromatic heterocycles. The molecule has 90 valence electrons. The summed E-state index contributed by atoms with van der Waals surface area (Å²) in [7, 11) is 2.10. The van der Waals surface area contributed by atoms with Crippen LogP contribution in [-0.4, -0.2) is 48.8 Å². The van der Waals surface area contributed by atoms with Gasteiger partial charge in [-0.1, -0.05) is 0 Å². The van der Waals surface area contributed by atoms with E-state index in [9.17, 15) is 0 Å². The molecule has 1 fully saturated rings. The second-order valence-electron chi connectivity index (χ2n) is 4.27. The van der Waals surface area contributed by atoms with E-state index in [1.165, 1.54) is 0 Å². The zero-order chi connectivity index (χ0) is 11.1. The summed E-state index contributed by atoms with van der Waals surface area (Å²) < 4.78 is 16.3. The summed E-state index contributed by atoms with van der Waals surface area (Å²) in [5, 5.41) is 3.37. The van der Waals surface area contributed by atoms with Crippen LogP contribution < -0.4 is 5.32 Å². The molecule has 1 N–H and O–H groups in total. The average molecular weight is 233 g/mol. The molecule has 5 heteroatoms. The molecule has 0 amide bonds. The van der Waals surface area contributed by atoms with Crippen molar-refractivity contribution in [3.05, 3.63) is 0 Å². The van der Waals surface area contributed by atoms with Gasteiger partial charge in [-0.3, -0.25) is 0 Å². The van der Waals surface area contributed by atoms with Crippen LogP contribution in [0.1, 0.15) is 19.8 Å². The van der Waals surface area contributed by atoms with Gasteiger partial charge in [-0.05, 0) is 25.8 Å². The maximum atomic E-state index is 5.79. The normalized spacial score (nSPS) is 27.2. The molecule has 1 aliphatic rings. The molecule has 1 aliphatic heterocycles. The van der Waals surface area contributed by atoms with Crippen molar-refractivity contribution < 1.29 is 13.6 Å². The molecule has 0 aromatic carbocycles. The van der Waals surface area contributed by atoms with E-state index in [0.29, 0.717) is 0 Å². The Morgan fingerprint density at radius 2 is 2.13 bits per heavy atom. The van der Waals surface area contributed by atoms with E-state index in [4.69, 9.17) is 13.6 Å². The van der Waals surface area contributed by atoms with Gasteiger partial charge in [0.25, 0.3) is 0 Å². The van der Waals surface area contributed by atoms with Crippen molar-refractivity contribution in [3.63, 3.8) is 0 Å². The van der Waals surface area contributed by atoms with Gasteiger partial charge < -0.3 is 18.9 Å². The Morgan fingerprint density at radius 3 is 2.67 bits per heavy atom. The molecule has 0 aromatic rings. The van der Waals surface area contributed by atoms with Crippen LogP contribution in [0.3, 0.4) is 0 Å². The Morgan fingerprint density at radius 1 is 1.40 bits per heavy atom. The maximum Gasteiger partial charge on any atom is 0.320 e. The number of hydrogen-bond acceptors (Lipinski definition) is 4.